The minimum Gasteiger partial charge on any atom is -0.313 e. The van der Waals surface area contributed by atoms with Crippen molar-refractivity contribution in [2.24, 2.45) is 7.05 Å². The zero-order chi connectivity index (χ0) is 11.7. The van der Waals surface area contributed by atoms with Gasteiger partial charge in [-0.1, -0.05) is 15.9 Å². The van der Waals surface area contributed by atoms with Gasteiger partial charge in [-0.3, -0.25) is 0 Å². The van der Waals surface area contributed by atoms with Crippen LogP contribution >= 0.6 is 27.5 Å². The van der Waals surface area contributed by atoms with Crippen molar-refractivity contribution in [1.82, 2.24) is 14.8 Å². The lowest BCUT2D eigenvalue weighted by Crippen LogP contribution is -1.98. The second-order valence-electron chi connectivity index (χ2n) is 3.26. The van der Waals surface area contributed by atoms with Crippen LogP contribution in [0.15, 0.2) is 22.7 Å². The van der Waals surface area contributed by atoms with Crippen molar-refractivity contribution < 1.29 is 4.39 Å². The fourth-order valence-corrected chi connectivity index (χ4v) is 2.04. The quantitative estimate of drug-likeness (QED) is 0.798. The molecule has 0 aliphatic rings. The Hall–Kier alpha value is -0.940. The maximum Gasteiger partial charge on any atom is 0.164 e. The zero-order valence-electron chi connectivity index (χ0n) is 8.41. The number of hydrogen-bond acceptors (Lipinski definition) is 2. The molecule has 2 aromatic rings. The monoisotopic (exact) mass is 303 g/mol. The highest BCUT2D eigenvalue weighted by atomic mass is 79.9. The first kappa shape index (κ1) is 11.5. The zero-order valence-corrected chi connectivity index (χ0v) is 10.8. The van der Waals surface area contributed by atoms with E-state index in [9.17, 15) is 4.39 Å². The molecular formula is C10H8BrClFN3. The van der Waals surface area contributed by atoms with E-state index in [0.29, 0.717) is 17.2 Å². The Bertz CT molecular complexity index is 527. The Morgan fingerprint density at radius 3 is 2.81 bits per heavy atom. The van der Waals surface area contributed by atoms with Gasteiger partial charge in [0.25, 0.3) is 0 Å². The third-order valence-electron chi connectivity index (χ3n) is 2.25. The van der Waals surface area contributed by atoms with Gasteiger partial charge in [0.05, 0.1) is 5.88 Å². The van der Waals surface area contributed by atoms with Crippen LogP contribution in [0.2, 0.25) is 0 Å². The summed E-state index contributed by atoms with van der Waals surface area (Å²) < 4.78 is 15.7. The van der Waals surface area contributed by atoms with Gasteiger partial charge in [0.15, 0.2) is 5.82 Å². The Balaban J connectivity index is 2.58. The van der Waals surface area contributed by atoms with E-state index in [-0.39, 0.29) is 11.7 Å². The molecule has 0 atom stereocenters. The van der Waals surface area contributed by atoms with Crippen LogP contribution in [0.4, 0.5) is 4.39 Å². The molecule has 0 fully saturated rings. The van der Waals surface area contributed by atoms with Crippen molar-refractivity contribution in [2.75, 3.05) is 0 Å². The molecule has 0 bridgehead atoms. The summed E-state index contributed by atoms with van der Waals surface area (Å²) in [6.07, 6.45) is 0. The molecule has 0 aliphatic carbocycles. The third-order valence-corrected chi connectivity index (χ3v) is 3.18. The van der Waals surface area contributed by atoms with E-state index < -0.39 is 0 Å². The van der Waals surface area contributed by atoms with Gasteiger partial charge in [0, 0.05) is 17.1 Å². The molecule has 0 N–H and O–H groups in total. The van der Waals surface area contributed by atoms with Crippen LogP contribution in [-0.4, -0.2) is 14.8 Å². The average molecular weight is 305 g/mol. The number of nitrogens with zero attached hydrogens (tertiary/aromatic N) is 3. The molecule has 3 nitrogen and oxygen atoms in total. The Morgan fingerprint density at radius 1 is 1.44 bits per heavy atom. The van der Waals surface area contributed by atoms with Gasteiger partial charge in [0.1, 0.15) is 11.6 Å². The summed E-state index contributed by atoms with van der Waals surface area (Å²) >= 11 is 9.05. The minimum atomic E-state index is -0.311. The summed E-state index contributed by atoms with van der Waals surface area (Å²) in [4.78, 5) is 0. The number of benzene rings is 1. The van der Waals surface area contributed by atoms with E-state index in [2.05, 4.69) is 26.1 Å². The molecule has 0 radical (unpaired) electrons. The predicted molar refractivity (Wildman–Crippen MR) is 63.7 cm³/mol. The molecule has 2 rings (SSSR count). The van der Waals surface area contributed by atoms with Gasteiger partial charge < -0.3 is 4.57 Å². The van der Waals surface area contributed by atoms with Crippen LogP contribution in [0.25, 0.3) is 11.4 Å². The normalized spacial score (nSPS) is 10.8. The molecule has 0 saturated heterocycles. The molecule has 1 heterocycles. The van der Waals surface area contributed by atoms with Gasteiger partial charge >= 0.3 is 0 Å². The topological polar surface area (TPSA) is 30.7 Å². The summed E-state index contributed by atoms with van der Waals surface area (Å²) in [6, 6.07) is 4.43. The first-order chi connectivity index (χ1) is 7.63. The second kappa shape index (κ2) is 4.51. The SMILES string of the molecule is Cn1c(CCl)nnc1-c1cc(F)ccc1Br. The molecule has 16 heavy (non-hydrogen) atoms. The highest BCUT2D eigenvalue weighted by molar-refractivity contribution is 9.10. The number of halogens is 3. The molecule has 0 saturated carbocycles. The van der Waals surface area contributed by atoms with Crippen LogP contribution in [0.1, 0.15) is 5.82 Å². The first-order valence-corrected chi connectivity index (χ1v) is 5.86. The largest absolute Gasteiger partial charge is 0.313 e. The van der Waals surface area contributed by atoms with Crippen LogP contribution in [-0.2, 0) is 12.9 Å². The van der Waals surface area contributed by atoms with Crippen molar-refractivity contribution in [3.8, 4) is 11.4 Å². The van der Waals surface area contributed by atoms with Crippen LogP contribution in [0, 0.1) is 5.82 Å². The molecule has 0 spiro atoms. The summed E-state index contributed by atoms with van der Waals surface area (Å²) in [5.41, 5.74) is 0.659. The second-order valence-corrected chi connectivity index (χ2v) is 4.38. The Labute approximate surface area is 105 Å². The van der Waals surface area contributed by atoms with Crippen molar-refractivity contribution in [2.45, 2.75) is 5.88 Å². The van der Waals surface area contributed by atoms with Crippen LogP contribution in [0.3, 0.4) is 0 Å². The van der Waals surface area contributed by atoms with Crippen molar-refractivity contribution in [3.63, 3.8) is 0 Å². The molecule has 1 aromatic heterocycles. The average Bonchev–Trinajstić information content (AvgIpc) is 2.63. The van der Waals surface area contributed by atoms with Gasteiger partial charge in [-0.2, -0.15) is 0 Å². The lowest BCUT2D eigenvalue weighted by Gasteiger charge is -2.04. The highest BCUT2D eigenvalue weighted by Gasteiger charge is 2.13. The van der Waals surface area contributed by atoms with Crippen molar-refractivity contribution in [1.29, 1.82) is 0 Å². The molecule has 0 amide bonds. The standard InChI is InChI=1S/C10H8BrClFN3/c1-16-9(5-12)14-15-10(16)7-4-6(13)2-3-8(7)11/h2-4H,5H2,1H3. The van der Waals surface area contributed by atoms with Gasteiger partial charge in [-0.25, -0.2) is 4.39 Å². The maximum atomic E-state index is 13.1. The summed E-state index contributed by atoms with van der Waals surface area (Å²) in [5, 5.41) is 7.91. The lowest BCUT2D eigenvalue weighted by atomic mass is 10.2. The molecule has 1 aromatic carbocycles. The lowest BCUT2D eigenvalue weighted by molar-refractivity contribution is 0.627. The number of aromatic nitrogens is 3. The van der Waals surface area contributed by atoms with Crippen molar-refractivity contribution in [3.05, 3.63) is 34.3 Å². The van der Waals surface area contributed by atoms with E-state index >= 15 is 0 Å². The fraction of sp³-hybridized carbons (Fsp3) is 0.200. The fourth-order valence-electron chi connectivity index (χ4n) is 1.38. The van der Waals surface area contributed by atoms with Crippen LogP contribution in [0.5, 0.6) is 0 Å². The molecular weight excluding hydrogens is 296 g/mol. The highest BCUT2D eigenvalue weighted by Crippen LogP contribution is 2.27. The smallest absolute Gasteiger partial charge is 0.164 e. The van der Waals surface area contributed by atoms with Gasteiger partial charge in [-0.15, -0.1) is 21.8 Å². The summed E-state index contributed by atoms with van der Waals surface area (Å²) in [6.45, 7) is 0. The van der Waals surface area contributed by atoms with Gasteiger partial charge in [0.2, 0.25) is 0 Å². The summed E-state index contributed by atoms with van der Waals surface area (Å²) in [7, 11) is 1.80. The van der Waals surface area contributed by atoms with Gasteiger partial charge in [-0.05, 0) is 18.2 Å². The first-order valence-electron chi connectivity index (χ1n) is 4.53. The number of rotatable bonds is 2. The predicted octanol–water partition coefficient (Wildman–Crippen LogP) is 3.12. The summed E-state index contributed by atoms with van der Waals surface area (Å²) in [5.74, 6) is 1.19. The third kappa shape index (κ3) is 1.97. The van der Waals surface area contributed by atoms with E-state index in [0.717, 1.165) is 4.47 Å². The minimum absolute atomic E-state index is 0.274. The molecule has 6 heteroatoms. The molecule has 84 valence electrons. The van der Waals surface area contributed by atoms with E-state index in [1.807, 2.05) is 0 Å². The Morgan fingerprint density at radius 2 is 2.19 bits per heavy atom. The number of hydrogen-bond donors (Lipinski definition) is 0. The molecule has 0 unspecified atom stereocenters. The van der Waals surface area contributed by atoms with Crippen molar-refractivity contribution >= 4 is 27.5 Å². The Kier molecular flexibility index (Phi) is 3.25. The maximum absolute atomic E-state index is 13.1. The van der Waals surface area contributed by atoms with E-state index in [1.165, 1.54) is 12.1 Å². The van der Waals surface area contributed by atoms with E-state index in [1.54, 1.807) is 17.7 Å². The van der Waals surface area contributed by atoms with Crippen LogP contribution < -0.4 is 0 Å². The number of alkyl halides is 1. The molecule has 0 aliphatic heterocycles. The van der Waals surface area contributed by atoms with E-state index in [4.69, 9.17) is 11.6 Å².